The minimum absolute atomic E-state index is 0.153. The van der Waals surface area contributed by atoms with Crippen molar-refractivity contribution in [1.82, 2.24) is 5.32 Å². The second-order valence-electron chi connectivity index (χ2n) is 5.82. The van der Waals surface area contributed by atoms with Gasteiger partial charge in [0.1, 0.15) is 0 Å². The first kappa shape index (κ1) is 16.7. The van der Waals surface area contributed by atoms with Gasteiger partial charge < -0.3 is 14.8 Å². The van der Waals surface area contributed by atoms with E-state index in [1.807, 2.05) is 25.1 Å². The lowest BCUT2D eigenvalue weighted by atomic mass is 9.95. The third-order valence-corrected chi connectivity index (χ3v) is 4.14. The van der Waals surface area contributed by atoms with E-state index in [1.54, 1.807) is 7.11 Å². The number of methoxy groups -OCH3 is 1. The molecule has 1 aliphatic rings. The van der Waals surface area contributed by atoms with Crippen LogP contribution < -0.4 is 14.8 Å². The highest BCUT2D eigenvalue weighted by Gasteiger charge is 2.15. The monoisotopic (exact) mass is 305 g/mol. The Hall–Kier alpha value is -1.71. The van der Waals surface area contributed by atoms with E-state index in [1.165, 1.54) is 19.3 Å². The van der Waals surface area contributed by atoms with Gasteiger partial charge in [-0.15, -0.1) is 0 Å². The van der Waals surface area contributed by atoms with E-state index in [0.717, 1.165) is 36.3 Å². The molecule has 1 saturated carbocycles. The summed E-state index contributed by atoms with van der Waals surface area (Å²) in [5.74, 6) is 1.63. The standard InChI is InChI=1S/C18H27NO3/c1-3-22-16-11-9-14(13-17(16)21-2)10-12-18(20)19-15-7-5-4-6-8-15/h9,11,13,15H,3-8,10,12H2,1-2H3,(H,19,20). The van der Waals surface area contributed by atoms with Gasteiger partial charge in [0.25, 0.3) is 0 Å². The third kappa shape index (κ3) is 4.93. The van der Waals surface area contributed by atoms with Gasteiger partial charge in [0.15, 0.2) is 11.5 Å². The Morgan fingerprint density at radius 3 is 2.68 bits per heavy atom. The van der Waals surface area contributed by atoms with Gasteiger partial charge in [0, 0.05) is 12.5 Å². The van der Waals surface area contributed by atoms with Gasteiger partial charge in [-0.1, -0.05) is 25.3 Å². The average molecular weight is 305 g/mol. The predicted molar refractivity (Wildman–Crippen MR) is 87.5 cm³/mol. The van der Waals surface area contributed by atoms with Crippen molar-refractivity contribution in [1.29, 1.82) is 0 Å². The molecule has 0 bridgehead atoms. The maximum atomic E-state index is 12.0. The Morgan fingerprint density at radius 1 is 1.23 bits per heavy atom. The number of amides is 1. The van der Waals surface area contributed by atoms with Crippen LogP contribution in [0.25, 0.3) is 0 Å². The molecule has 0 unspecified atom stereocenters. The van der Waals surface area contributed by atoms with Crippen LogP contribution in [0.5, 0.6) is 11.5 Å². The van der Waals surface area contributed by atoms with E-state index in [9.17, 15) is 4.79 Å². The zero-order valence-electron chi connectivity index (χ0n) is 13.7. The molecular weight excluding hydrogens is 278 g/mol. The maximum Gasteiger partial charge on any atom is 0.220 e. The van der Waals surface area contributed by atoms with Crippen LogP contribution in [0.4, 0.5) is 0 Å². The summed E-state index contributed by atoms with van der Waals surface area (Å²) in [7, 11) is 1.64. The summed E-state index contributed by atoms with van der Waals surface area (Å²) in [4.78, 5) is 12.0. The van der Waals surface area contributed by atoms with Crippen LogP contribution in [0.15, 0.2) is 18.2 Å². The Bertz CT molecular complexity index is 481. The van der Waals surface area contributed by atoms with Crippen molar-refractivity contribution >= 4 is 5.91 Å². The van der Waals surface area contributed by atoms with Crippen LogP contribution in [0.2, 0.25) is 0 Å². The molecule has 0 aromatic heterocycles. The number of aryl methyl sites for hydroxylation is 1. The normalized spacial score (nSPS) is 15.4. The smallest absolute Gasteiger partial charge is 0.220 e. The van der Waals surface area contributed by atoms with E-state index in [4.69, 9.17) is 9.47 Å². The number of hydrogen-bond acceptors (Lipinski definition) is 3. The summed E-state index contributed by atoms with van der Waals surface area (Å²) in [6, 6.07) is 6.26. The summed E-state index contributed by atoms with van der Waals surface area (Å²) in [5.41, 5.74) is 1.10. The minimum atomic E-state index is 0.153. The lowest BCUT2D eigenvalue weighted by Gasteiger charge is -2.22. The highest BCUT2D eigenvalue weighted by atomic mass is 16.5. The number of carbonyl (C=O) groups excluding carboxylic acids is 1. The van der Waals surface area contributed by atoms with Crippen molar-refractivity contribution in [2.24, 2.45) is 0 Å². The van der Waals surface area contributed by atoms with Crippen molar-refractivity contribution in [3.05, 3.63) is 23.8 Å². The Kier molecular flexibility index (Phi) is 6.56. The zero-order valence-corrected chi connectivity index (χ0v) is 13.7. The molecule has 1 aromatic rings. The quantitative estimate of drug-likeness (QED) is 0.839. The first-order valence-corrected chi connectivity index (χ1v) is 8.32. The zero-order chi connectivity index (χ0) is 15.8. The van der Waals surface area contributed by atoms with Gasteiger partial charge in [0.2, 0.25) is 5.91 Å². The predicted octanol–water partition coefficient (Wildman–Crippen LogP) is 3.48. The lowest BCUT2D eigenvalue weighted by molar-refractivity contribution is -0.121. The molecule has 1 N–H and O–H groups in total. The third-order valence-electron chi connectivity index (χ3n) is 4.14. The van der Waals surface area contributed by atoms with Gasteiger partial charge in [0.05, 0.1) is 13.7 Å². The van der Waals surface area contributed by atoms with E-state index in [-0.39, 0.29) is 5.91 Å². The van der Waals surface area contributed by atoms with Crippen LogP contribution in [0.3, 0.4) is 0 Å². The lowest BCUT2D eigenvalue weighted by Crippen LogP contribution is -2.36. The second kappa shape index (κ2) is 8.66. The van der Waals surface area contributed by atoms with Crippen molar-refractivity contribution in [3.63, 3.8) is 0 Å². The molecule has 0 spiro atoms. The van der Waals surface area contributed by atoms with Gasteiger partial charge in [-0.2, -0.15) is 0 Å². The van der Waals surface area contributed by atoms with Gasteiger partial charge in [-0.3, -0.25) is 4.79 Å². The molecule has 0 heterocycles. The molecule has 0 saturated heterocycles. The van der Waals surface area contributed by atoms with E-state index < -0.39 is 0 Å². The summed E-state index contributed by atoms with van der Waals surface area (Å²) in [6.45, 7) is 2.56. The molecule has 1 aliphatic carbocycles. The van der Waals surface area contributed by atoms with E-state index >= 15 is 0 Å². The molecular formula is C18H27NO3. The van der Waals surface area contributed by atoms with Crippen LogP contribution in [0.1, 0.15) is 51.0 Å². The number of carbonyl (C=O) groups is 1. The molecule has 2 rings (SSSR count). The molecule has 0 atom stereocenters. The van der Waals surface area contributed by atoms with Crippen LogP contribution in [-0.4, -0.2) is 25.7 Å². The van der Waals surface area contributed by atoms with Crippen LogP contribution in [-0.2, 0) is 11.2 Å². The Morgan fingerprint density at radius 2 is 2.00 bits per heavy atom. The summed E-state index contributed by atoms with van der Waals surface area (Å²) >= 11 is 0. The Balaban J connectivity index is 1.83. The molecule has 0 radical (unpaired) electrons. The topological polar surface area (TPSA) is 47.6 Å². The average Bonchev–Trinajstić information content (AvgIpc) is 2.55. The van der Waals surface area contributed by atoms with Gasteiger partial charge in [-0.25, -0.2) is 0 Å². The number of ether oxygens (including phenoxy) is 2. The molecule has 1 fully saturated rings. The fraction of sp³-hybridized carbons (Fsp3) is 0.611. The first-order valence-electron chi connectivity index (χ1n) is 8.32. The molecule has 122 valence electrons. The van der Waals surface area contributed by atoms with Crippen molar-refractivity contribution in [2.45, 2.75) is 57.9 Å². The molecule has 4 heteroatoms. The molecule has 4 nitrogen and oxygen atoms in total. The molecule has 0 aliphatic heterocycles. The number of hydrogen-bond donors (Lipinski definition) is 1. The summed E-state index contributed by atoms with van der Waals surface area (Å²) < 4.78 is 10.8. The van der Waals surface area contributed by atoms with E-state index in [2.05, 4.69) is 5.32 Å². The SMILES string of the molecule is CCOc1ccc(CCC(=O)NC2CCCCC2)cc1OC. The van der Waals surface area contributed by atoms with Gasteiger partial charge >= 0.3 is 0 Å². The largest absolute Gasteiger partial charge is 0.493 e. The van der Waals surface area contributed by atoms with Gasteiger partial charge in [-0.05, 0) is 43.9 Å². The number of rotatable bonds is 7. The Labute approximate surface area is 133 Å². The van der Waals surface area contributed by atoms with Crippen molar-refractivity contribution in [3.8, 4) is 11.5 Å². The second-order valence-corrected chi connectivity index (χ2v) is 5.82. The van der Waals surface area contributed by atoms with E-state index in [0.29, 0.717) is 19.1 Å². The van der Waals surface area contributed by atoms with Crippen molar-refractivity contribution in [2.75, 3.05) is 13.7 Å². The summed E-state index contributed by atoms with van der Waals surface area (Å²) in [5, 5.41) is 3.15. The minimum Gasteiger partial charge on any atom is -0.493 e. The molecule has 1 amide bonds. The summed E-state index contributed by atoms with van der Waals surface area (Å²) in [6.07, 6.45) is 7.28. The van der Waals surface area contributed by atoms with Crippen molar-refractivity contribution < 1.29 is 14.3 Å². The molecule has 1 aromatic carbocycles. The number of benzene rings is 1. The van der Waals surface area contributed by atoms with Crippen LogP contribution in [0, 0.1) is 0 Å². The fourth-order valence-electron chi connectivity index (χ4n) is 2.95. The first-order chi connectivity index (χ1) is 10.7. The molecule has 22 heavy (non-hydrogen) atoms. The van der Waals surface area contributed by atoms with Crippen LogP contribution >= 0.6 is 0 Å². The maximum absolute atomic E-state index is 12.0. The highest BCUT2D eigenvalue weighted by molar-refractivity contribution is 5.76. The fourth-order valence-corrected chi connectivity index (χ4v) is 2.95. The highest BCUT2D eigenvalue weighted by Crippen LogP contribution is 2.28. The number of nitrogens with one attached hydrogen (secondary N) is 1.